The van der Waals surface area contributed by atoms with E-state index in [4.69, 9.17) is 0 Å². The summed E-state index contributed by atoms with van der Waals surface area (Å²) in [6.45, 7) is 2.06. The second kappa shape index (κ2) is 6.75. The average Bonchev–Trinajstić information content (AvgIpc) is 2.42. The first-order chi connectivity index (χ1) is 9.15. The Morgan fingerprint density at radius 2 is 1.95 bits per heavy atom. The second-order valence-corrected chi connectivity index (χ2v) is 5.20. The van der Waals surface area contributed by atoms with Gasteiger partial charge < -0.3 is 5.32 Å². The molecule has 0 atom stereocenters. The van der Waals surface area contributed by atoms with Crippen LogP contribution in [-0.2, 0) is 11.2 Å². The molecule has 1 saturated heterocycles. The first-order valence-corrected chi connectivity index (χ1v) is 6.81. The van der Waals surface area contributed by atoms with Gasteiger partial charge in [-0.2, -0.15) is 0 Å². The molecule has 0 amide bonds. The molecular weight excluding hydrogens is 248 g/mol. The van der Waals surface area contributed by atoms with Crippen molar-refractivity contribution < 1.29 is 13.6 Å². The topological polar surface area (TPSA) is 29.1 Å². The number of carbonyl (C=O) groups is 1. The van der Waals surface area contributed by atoms with Crippen molar-refractivity contribution >= 4 is 5.78 Å². The number of rotatable bonds is 5. The molecule has 1 aromatic rings. The van der Waals surface area contributed by atoms with Crippen molar-refractivity contribution in [2.45, 2.75) is 32.1 Å². The van der Waals surface area contributed by atoms with E-state index in [1.807, 2.05) is 0 Å². The van der Waals surface area contributed by atoms with Gasteiger partial charge in [0, 0.05) is 12.8 Å². The Labute approximate surface area is 112 Å². The smallest absolute Gasteiger partial charge is 0.159 e. The summed E-state index contributed by atoms with van der Waals surface area (Å²) in [6.07, 6.45) is 3.88. The Morgan fingerprint density at radius 3 is 2.63 bits per heavy atom. The molecule has 2 nitrogen and oxygen atoms in total. The van der Waals surface area contributed by atoms with E-state index in [0.29, 0.717) is 17.9 Å². The van der Waals surface area contributed by atoms with Crippen LogP contribution in [-0.4, -0.2) is 18.9 Å². The molecule has 1 aromatic carbocycles. The Kier molecular flexibility index (Phi) is 5.02. The normalized spacial score (nSPS) is 16.5. The zero-order valence-corrected chi connectivity index (χ0v) is 10.9. The van der Waals surface area contributed by atoms with E-state index < -0.39 is 11.6 Å². The van der Waals surface area contributed by atoms with Crippen LogP contribution < -0.4 is 5.32 Å². The summed E-state index contributed by atoms with van der Waals surface area (Å²) in [5.74, 6) is -1.03. The number of ketones is 1. The molecule has 4 heteroatoms. The monoisotopic (exact) mass is 267 g/mol. The Hall–Kier alpha value is -1.29. The molecule has 0 aliphatic carbocycles. The van der Waals surface area contributed by atoms with E-state index in [0.717, 1.165) is 44.5 Å². The molecule has 0 spiro atoms. The predicted octanol–water partition coefficient (Wildman–Crippen LogP) is 2.86. The molecule has 1 N–H and O–H groups in total. The standard InChI is InChI=1S/C15H19F2NO/c16-14-4-2-12(10-15(14)17)9-13(19)3-1-11-5-7-18-8-6-11/h2,4,10-11,18H,1,3,5-9H2. The number of carbonyl (C=O) groups excluding carboxylic acids is 1. The van der Waals surface area contributed by atoms with Gasteiger partial charge in [-0.3, -0.25) is 4.79 Å². The van der Waals surface area contributed by atoms with Crippen LogP contribution >= 0.6 is 0 Å². The Bertz CT molecular complexity index is 442. The van der Waals surface area contributed by atoms with Gasteiger partial charge in [-0.05, 0) is 56.0 Å². The molecule has 0 saturated carbocycles. The highest BCUT2D eigenvalue weighted by Gasteiger charge is 2.15. The van der Waals surface area contributed by atoms with Crippen molar-refractivity contribution in [2.75, 3.05) is 13.1 Å². The first kappa shape index (κ1) is 14.1. The number of benzene rings is 1. The zero-order chi connectivity index (χ0) is 13.7. The number of hydrogen-bond donors (Lipinski definition) is 1. The minimum absolute atomic E-state index is 0.101. The van der Waals surface area contributed by atoms with Crippen molar-refractivity contribution in [1.82, 2.24) is 5.32 Å². The minimum Gasteiger partial charge on any atom is -0.317 e. The summed E-state index contributed by atoms with van der Waals surface area (Å²) in [5.41, 5.74) is 0.550. The number of Topliss-reactive ketones (excluding diaryl/α,β-unsaturated/α-hetero) is 1. The van der Waals surface area contributed by atoms with Gasteiger partial charge in [0.25, 0.3) is 0 Å². The second-order valence-electron chi connectivity index (χ2n) is 5.20. The SMILES string of the molecule is O=C(CCC1CCNCC1)Cc1ccc(F)c(F)c1. The van der Waals surface area contributed by atoms with Crippen LogP contribution in [0.25, 0.3) is 0 Å². The van der Waals surface area contributed by atoms with Gasteiger partial charge in [0.15, 0.2) is 11.6 Å². The van der Waals surface area contributed by atoms with Crippen LogP contribution in [0.1, 0.15) is 31.2 Å². The zero-order valence-electron chi connectivity index (χ0n) is 10.9. The third kappa shape index (κ3) is 4.39. The van der Waals surface area contributed by atoms with Crippen LogP contribution in [0.15, 0.2) is 18.2 Å². The van der Waals surface area contributed by atoms with Crippen molar-refractivity contribution in [2.24, 2.45) is 5.92 Å². The molecule has 0 radical (unpaired) electrons. The van der Waals surface area contributed by atoms with E-state index in [1.165, 1.54) is 6.07 Å². The minimum atomic E-state index is -0.886. The highest BCUT2D eigenvalue weighted by Crippen LogP contribution is 2.18. The van der Waals surface area contributed by atoms with Gasteiger partial charge in [0.05, 0.1) is 0 Å². The van der Waals surface area contributed by atoms with Gasteiger partial charge in [-0.25, -0.2) is 8.78 Å². The highest BCUT2D eigenvalue weighted by atomic mass is 19.2. The van der Waals surface area contributed by atoms with E-state index in [1.54, 1.807) is 0 Å². The lowest BCUT2D eigenvalue weighted by molar-refractivity contribution is -0.118. The third-order valence-corrected chi connectivity index (χ3v) is 3.68. The largest absolute Gasteiger partial charge is 0.317 e. The molecule has 1 aliphatic heterocycles. The molecular formula is C15H19F2NO. The van der Waals surface area contributed by atoms with Gasteiger partial charge in [-0.15, -0.1) is 0 Å². The molecule has 0 unspecified atom stereocenters. The van der Waals surface area contributed by atoms with Crippen LogP contribution in [0, 0.1) is 17.6 Å². The fourth-order valence-corrected chi connectivity index (χ4v) is 2.50. The molecule has 0 bridgehead atoms. The summed E-state index contributed by atoms with van der Waals surface area (Å²) in [5, 5.41) is 3.29. The van der Waals surface area contributed by atoms with Gasteiger partial charge in [-0.1, -0.05) is 6.07 Å². The maximum Gasteiger partial charge on any atom is 0.159 e. The van der Waals surface area contributed by atoms with Crippen molar-refractivity contribution in [3.05, 3.63) is 35.4 Å². The number of halogens is 2. The van der Waals surface area contributed by atoms with Crippen molar-refractivity contribution in [3.8, 4) is 0 Å². The fraction of sp³-hybridized carbons (Fsp3) is 0.533. The van der Waals surface area contributed by atoms with Crippen molar-refractivity contribution in [3.63, 3.8) is 0 Å². The summed E-state index contributed by atoms with van der Waals surface area (Å²) in [4.78, 5) is 11.8. The molecule has 104 valence electrons. The third-order valence-electron chi connectivity index (χ3n) is 3.68. The van der Waals surface area contributed by atoms with Gasteiger partial charge >= 0.3 is 0 Å². The molecule has 1 heterocycles. The highest BCUT2D eigenvalue weighted by molar-refractivity contribution is 5.80. The fourth-order valence-electron chi connectivity index (χ4n) is 2.50. The average molecular weight is 267 g/mol. The predicted molar refractivity (Wildman–Crippen MR) is 69.9 cm³/mol. The van der Waals surface area contributed by atoms with Crippen LogP contribution in [0.2, 0.25) is 0 Å². The van der Waals surface area contributed by atoms with Crippen LogP contribution in [0.4, 0.5) is 8.78 Å². The van der Waals surface area contributed by atoms with E-state index in [-0.39, 0.29) is 12.2 Å². The first-order valence-electron chi connectivity index (χ1n) is 6.81. The Balaban J connectivity index is 1.78. The van der Waals surface area contributed by atoms with Crippen LogP contribution in [0.3, 0.4) is 0 Å². The molecule has 19 heavy (non-hydrogen) atoms. The number of nitrogens with one attached hydrogen (secondary N) is 1. The molecule has 0 aromatic heterocycles. The van der Waals surface area contributed by atoms with Gasteiger partial charge in [0.1, 0.15) is 5.78 Å². The summed E-state index contributed by atoms with van der Waals surface area (Å²) >= 11 is 0. The lowest BCUT2D eigenvalue weighted by Gasteiger charge is -2.22. The lowest BCUT2D eigenvalue weighted by atomic mass is 9.91. The lowest BCUT2D eigenvalue weighted by Crippen LogP contribution is -2.28. The maximum atomic E-state index is 13.0. The number of piperidine rings is 1. The van der Waals surface area contributed by atoms with Crippen LogP contribution in [0.5, 0.6) is 0 Å². The molecule has 1 fully saturated rings. The van der Waals surface area contributed by atoms with E-state index >= 15 is 0 Å². The quantitative estimate of drug-likeness (QED) is 0.888. The van der Waals surface area contributed by atoms with E-state index in [2.05, 4.69) is 5.32 Å². The summed E-state index contributed by atoms with van der Waals surface area (Å²) in [6, 6.07) is 3.66. The summed E-state index contributed by atoms with van der Waals surface area (Å²) < 4.78 is 25.8. The van der Waals surface area contributed by atoms with Crippen molar-refractivity contribution in [1.29, 1.82) is 0 Å². The molecule has 1 aliphatic rings. The Morgan fingerprint density at radius 1 is 1.21 bits per heavy atom. The summed E-state index contributed by atoms with van der Waals surface area (Å²) in [7, 11) is 0. The maximum absolute atomic E-state index is 13.0. The number of hydrogen-bond acceptors (Lipinski definition) is 2. The van der Waals surface area contributed by atoms with Gasteiger partial charge in [0.2, 0.25) is 0 Å². The molecule has 2 rings (SSSR count). The van der Waals surface area contributed by atoms with E-state index in [9.17, 15) is 13.6 Å².